The highest BCUT2D eigenvalue weighted by atomic mass is 35.5. The first kappa shape index (κ1) is 16.1. The van der Waals surface area contributed by atoms with Gasteiger partial charge in [0.25, 0.3) is 0 Å². The van der Waals surface area contributed by atoms with Crippen molar-refractivity contribution in [2.75, 3.05) is 7.11 Å². The monoisotopic (exact) mass is 338 g/mol. The van der Waals surface area contributed by atoms with Crippen LogP contribution in [0.5, 0.6) is 11.5 Å². The fourth-order valence-corrected chi connectivity index (χ4v) is 2.64. The van der Waals surface area contributed by atoms with Gasteiger partial charge >= 0.3 is 5.97 Å². The molecule has 0 N–H and O–H groups in total. The third kappa shape index (κ3) is 3.26. The number of ether oxygens (including phenoxy) is 2. The van der Waals surface area contributed by atoms with Crippen LogP contribution in [0.15, 0.2) is 72.8 Å². The zero-order chi connectivity index (χ0) is 16.9. The number of benzene rings is 3. The van der Waals surface area contributed by atoms with Crippen molar-refractivity contribution in [3.05, 3.63) is 83.4 Å². The normalized spacial score (nSPS) is 10.2. The molecule has 0 spiro atoms. The maximum atomic E-state index is 12.4. The number of carbonyl (C=O) groups is 1. The average Bonchev–Trinajstić information content (AvgIpc) is 2.62. The number of esters is 1. The molecule has 120 valence electrons. The van der Waals surface area contributed by atoms with Gasteiger partial charge in [-0.15, -0.1) is 0 Å². The molecule has 0 aliphatic rings. The Kier molecular flexibility index (Phi) is 4.82. The number of methoxy groups -OCH3 is 1. The average molecular weight is 339 g/mol. The molecular formula is C20H15ClO3. The molecule has 0 bridgehead atoms. The molecule has 0 aliphatic carbocycles. The SMILES string of the molecule is COc1ccccc1-c1ccccc1OC(=O)c1ccccc1Cl. The van der Waals surface area contributed by atoms with E-state index in [-0.39, 0.29) is 0 Å². The van der Waals surface area contributed by atoms with E-state index < -0.39 is 5.97 Å². The molecular weight excluding hydrogens is 324 g/mol. The van der Waals surface area contributed by atoms with Crippen molar-refractivity contribution in [1.82, 2.24) is 0 Å². The third-order valence-corrected chi connectivity index (χ3v) is 3.91. The van der Waals surface area contributed by atoms with Crippen molar-refractivity contribution >= 4 is 17.6 Å². The van der Waals surface area contributed by atoms with E-state index in [0.717, 1.165) is 11.1 Å². The van der Waals surface area contributed by atoms with Gasteiger partial charge in [-0.3, -0.25) is 0 Å². The number of para-hydroxylation sites is 2. The maximum Gasteiger partial charge on any atom is 0.345 e. The van der Waals surface area contributed by atoms with Crippen LogP contribution in [0, 0.1) is 0 Å². The lowest BCUT2D eigenvalue weighted by Gasteiger charge is -2.13. The van der Waals surface area contributed by atoms with Gasteiger partial charge in [0.15, 0.2) is 0 Å². The highest BCUT2D eigenvalue weighted by Crippen LogP contribution is 2.36. The Bertz CT molecular complexity index is 874. The first-order valence-corrected chi connectivity index (χ1v) is 7.77. The Morgan fingerprint density at radius 3 is 2.00 bits per heavy atom. The Hall–Kier alpha value is -2.78. The fourth-order valence-electron chi connectivity index (χ4n) is 2.43. The molecule has 0 saturated heterocycles. The smallest absolute Gasteiger partial charge is 0.345 e. The Morgan fingerprint density at radius 2 is 1.33 bits per heavy atom. The zero-order valence-corrected chi connectivity index (χ0v) is 13.8. The first-order valence-electron chi connectivity index (χ1n) is 7.40. The summed E-state index contributed by atoms with van der Waals surface area (Å²) in [6, 6.07) is 21.7. The lowest BCUT2D eigenvalue weighted by molar-refractivity contribution is 0.0735. The summed E-state index contributed by atoms with van der Waals surface area (Å²) in [7, 11) is 1.61. The highest BCUT2D eigenvalue weighted by Gasteiger charge is 2.16. The molecule has 0 atom stereocenters. The molecule has 3 aromatic carbocycles. The molecule has 0 fully saturated rings. The minimum Gasteiger partial charge on any atom is -0.496 e. The van der Waals surface area contributed by atoms with Crippen molar-refractivity contribution in [1.29, 1.82) is 0 Å². The van der Waals surface area contributed by atoms with E-state index in [0.29, 0.717) is 22.1 Å². The van der Waals surface area contributed by atoms with Crippen molar-refractivity contribution in [3.63, 3.8) is 0 Å². The minimum atomic E-state index is -0.497. The van der Waals surface area contributed by atoms with Crippen LogP contribution in [0.4, 0.5) is 0 Å². The van der Waals surface area contributed by atoms with Gasteiger partial charge in [0.1, 0.15) is 11.5 Å². The number of rotatable bonds is 4. The Labute approximate surface area is 145 Å². The van der Waals surface area contributed by atoms with E-state index in [1.807, 2.05) is 42.5 Å². The number of carbonyl (C=O) groups excluding carboxylic acids is 1. The van der Waals surface area contributed by atoms with E-state index in [4.69, 9.17) is 21.1 Å². The van der Waals surface area contributed by atoms with Gasteiger partial charge in [-0.1, -0.05) is 60.1 Å². The van der Waals surface area contributed by atoms with Crippen molar-refractivity contribution in [2.24, 2.45) is 0 Å². The van der Waals surface area contributed by atoms with E-state index in [9.17, 15) is 4.79 Å². The van der Waals surface area contributed by atoms with Gasteiger partial charge in [-0.05, 0) is 24.3 Å². The van der Waals surface area contributed by atoms with Crippen molar-refractivity contribution < 1.29 is 14.3 Å². The predicted molar refractivity (Wildman–Crippen MR) is 94.8 cm³/mol. The summed E-state index contributed by atoms with van der Waals surface area (Å²) in [5.41, 5.74) is 1.95. The molecule has 0 saturated carbocycles. The van der Waals surface area contributed by atoms with Crippen LogP contribution >= 0.6 is 11.6 Å². The largest absolute Gasteiger partial charge is 0.496 e. The van der Waals surface area contributed by atoms with Crippen molar-refractivity contribution in [3.8, 4) is 22.6 Å². The molecule has 0 aromatic heterocycles. The van der Waals surface area contributed by atoms with Crippen LogP contribution in [-0.4, -0.2) is 13.1 Å². The van der Waals surface area contributed by atoms with E-state index in [1.165, 1.54) is 0 Å². The maximum absolute atomic E-state index is 12.4. The van der Waals surface area contributed by atoms with E-state index in [2.05, 4.69) is 0 Å². The quantitative estimate of drug-likeness (QED) is 0.482. The van der Waals surface area contributed by atoms with Gasteiger partial charge in [0.2, 0.25) is 0 Å². The molecule has 3 nitrogen and oxygen atoms in total. The second-order valence-electron chi connectivity index (χ2n) is 5.07. The molecule has 4 heteroatoms. The van der Waals surface area contributed by atoms with Gasteiger partial charge in [-0.2, -0.15) is 0 Å². The van der Waals surface area contributed by atoms with Crippen LogP contribution in [0.2, 0.25) is 5.02 Å². The van der Waals surface area contributed by atoms with Crippen LogP contribution in [0.25, 0.3) is 11.1 Å². The first-order chi connectivity index (χ1) is 11.7. The standard InChI is InChI=1S/C20H15ClO3/c1-23-18-12-6-3-8-14(18)15-9-4-7-13-19(15)24-20(22)16-10-2-5-11-17(16)21/h2-13H,1H3. The molecule has 0 aliphatic heterocycles. The Morgan fingerprint density at radius 1 is 0.792 bits per heavy atom. The molecule has 0 amide bonds. The molecule has 3 rings (SSSR count). The summed E-state index contributed by atoms with van der Waals surface area (Å²) in [6.45, 7) is 0. The van der Waals surface area contributed by atoms with Gasteiger partial charge < -0.3 is 9.47 Å². The van der Waals surface area contributed by atoms with Crippen LogP contribution in [0.1, 0.15) is 10.4 Å². The topological polar surface area (TPSA) is 35.5 Å². The summed E-state index contributed by atoms with van der Waals surface area (Å²) in [5, 5.41) is 0.359. The molecule has 0 radical (unpaired) electrons. The predicted octanol–water partition coefficient (Wildman–Crippen LogP) is 5.23. The second-order valence-corrected chi connectivity index (χ2v) is 5.47. The zero-order valence-electron chi connectivity index (χ0n) is 13.0. The number of hydrogen-bond acceptors (Lipinski definition) is 3. The minimum absolute atomic E-state index is 0.328. The van der Waals surface area contributed by atoms with E-state index in [1.54, 1.807) is 37.4 Å². The second kappa shape index (κ2) is 7.20. The lowest BCUT2D eigenvalue weighted by atomic mass is 10.0. The summed E-state index contributed by atoms with van der Waals surface area (Å²) in [5.74, 6) is 0.661. The van der Waals surface area contributed by atoms with Crippen LogP contribution in [-0.2, 0) is 0 Å². The van der Waals surface area contributed by atoms with Gasteiger partial charge in [-0.25, -0.2) is 4.79 Å². The van der Waals surface area contributed by atoms with E-state index >= 15 is 0 Å². The molecule has 3 aromatic rings. The van der Waals surface area contributed by atoms with Crippen molar-refractivity contribution in [2.45, 2.75) is 0 Å². The van der Waals surface area contributed by atoms with Gasteiger partial charge in [0.05, 0.1) is 17.7 Å². The van der Waals surface area contributed by atoms with Crippen LogP contribution < -0.4 is 9.47 Å². The lowest BCUT2D eigenvalue weighted by Crippen LogP contribution is -2.09. The summed E-state index contributed by atoms with van der Waals surface area (Å²) in [4.78, 5) is 12.4. The molecule has 24 heavy (non-hydrogen) atoms. The summed E-state index contributed by atoms with van der Waals surface area (Å²) in [6.07, 6.45) is 0. The third-order valence-electron chi connectivity index (χ3n) is 3.58. The number of halogens is 1. The molecule has 0 unspecified atom stereocenters. The number of hydrogen-bond donors (Lipinski definition) is 0. The highest BCUT2D eigenvalue weighted by molar-refractivity contribution is 6.33. The summed E-state index contributed by atoms with van der Waals surface area (Å²) >= 11 is 6.07. The summed E-state index contributed by atoms with van der Waals surface area (Å²) < 4.78 is 11.0. The fraction of sp³-hybridized carbons (Fsp3) is 0.0500. The Balaban J connectivity index is 1.99. The van der Waals surface area contributed by atoms with Gasteiger partial charge in [0, 0.05) is 11.1 Å². The molecule has 0 heterocycles. The van der Waals surface area contributed by atoms with Crippen LogP contribution in [0.3, 0.4) is 0 Å².